The molecule has 226 valence electrons. The van der Waals surface area contributed by atoms with Gasteiger partial charge in [0.15, 0.2) is 0 Å². The van der Waals surface area contributed by atoms with Gasteiger partial charge >= 0.3 is 6.18 Å². The number of halogens is 3. The Morgan fingerprint density at radius 2 is 1.77 bits per heavy atom. The molecule has 3 aromatic carbocycles. The number of nitrogens with zero attached hydrogens (tertiary/aromatic N) is 1. The lowest BCUT2D eigenvalue weighted by molar-refractivity contribution is -0.137. The Labute approximate surface area is 246 Å². The minimum atomic E-state index is -4.73. The van der Waals surface area contributed by atoms with Crippen LogP contribution in [0.15, 0.2) is 77.8 Å². The Morgan fingerprint density at radius 1 is 1.05 bits per heavy atom. The monoisotopic (exact) mass is 632 g/mol. The topological polar surface area (TPSA) is 138 Å². The zero-order valence-corrected chi connectivity index (χ0v) is 24.6. The van der Waals surface area contributed by atoms with Crippen molar-refractivity contribution in [2.24, 2.45) is 0 Å². The number of H-pyrrole nitrogens is 1. The standard InChI is InChI=1S/C29H27F3N4O5S2/c1-17-6-7-18(2)23(12-17)25-16-33-28(34-25)24(35-42(38,39)22-5-3-4-21(14-22)29(30,31)32)13-19-8-10-20(11-9-19)26-15-27(37)36-43(26,40)41/h3-12,14,16,24,26,35H,13,15H2,1-2H3,(H,33,34)(H,36,37). The molecule has 9 nitrogen and oxygen atoms in total. The Kier molecular flexibility index (Phi) is 7.96. The van der Waals surface area contributed by atoms with Crippen LogP contribution in [0.4, 0.5) is 13.2 Å². The van der Waals surface area contributed by atoms with Crippen LogP contribution in [0.5, 0.6) is 0 Å². The van der Waals surface area contributed by atoms with Gasteiger partial charge in [-0.15, -0.1) is 0 Å². The highest BCUT2D eigenvalue weighted by atomic mass is 32.2. The fraction of sp³-hybridized carbons (Fsp3) is 0.241. The van der Waals surface area contributed by atoms with Crippen LogP contribution in [0.1, 0.15) is 51.4 Å². The first-order chi connectivity index (χ1) is 20.1. The number of aromatic nitrogens is 2. The van der Waals surface area contributed by atoms with Gasteiger partial charge in [-0.1, -0.05) is 48.0 Å². The fourth-order valence-corrected chi connectivity index (χ4v) is 7.59. The highest BCUT2D eigenvalue weighted by Crippen LogP contribution is 2.33. The molecule has 1 aliphatic rings. The third kappa shape index (κ3) is 6.65. The second kappa shape index (κ2) is 11.2. The highest BCUT2D eigenvalue weighted by Gasteiger charge is 2.38. The van der Waals surface area contributed by atoms with E-state index in [1.54, 1.807) is 30.5 Å². The maximum Gasteiger partial charge on any atom is 0.416 e. The SMILES string of the molecule is Cc1ccc(C)c(-c2cnc(C(Cc3ccc(C4CC(=O)NS4(=O)=O)cc3)NS(=O)(=O)c3cccc(C(F)(F)F)c3)[nH]2)c1. The predicted octanol–water partition coefficient (Wildman–Crippen LogP) is 4.87. The van der Waals surface area contributed by atoms with Gasteiger partial charge in [0.25, 0.3) is 0 Å². The number of aromatic amines is 1. The third-order valence-corrected chi connectivity index (χ3v) is 10.3. The van der Waals surface area contributed by atoms with Crippen molar-refractivity contribution in [1.82, 2.24) is 19.4 Å². The number of hydrogen-bond acceptors (Lipinski definition) is 6. The molecule has 0 aliphatic carbocycles. The largest absolute Gasteiger partial charge is 0.416 e. The summed E-state index contributed by atoms with van der Waals surface area (Å²) in [5.74, 6) is -0.376. The first kappa shape index (κ1) is 30.4. The maximum absolute atomic E-state index is 13.4. The predicted molar refractivity (Wildman–Crippen MR) is 153 cm³/mol. The van der Waals surface area contributed by atoms with Crippen molar-refractivity contribution in [1.29, 1.82) is 0 Å². The number of aryl methyl sites for hydroxylation is 2. The van der Waals surface area contributed by atoms with Gasteiger partial charge in [-0.25, -0.2) is 26.5 Å². The van der Waals surface area contributed by atoms with Crippen LogP contribution in [0.25, 0.3) is 11.3 Å². The average Bonchev–Trinajstić information content (AvgIpc) is 3.53. The second-order valence-electron chi connectivity index (χ2n) is 10.4. The summed E-state index contributed by atoms with van der Waals surface area (Å²) in [6.07, 6.45) is -3.37. The van der Waals surface area contributed by atoms with E-state index in [-0.39, 0.29) is 18.7 Å². The molecule has 1 aliphatic heterocycles. The Morgan fingerprint density at radius 3 is 2.42 bits per heavy atom. The summed E-state index contributed by atoms with van der Waals surface area (Å²) >= 11 is 0. The van der Waals surface area contributed by atoms with Gasteiger partial charge in [-0.05, 0) is 61.2 Å². The Balaban J connectivity index is 1.49. The van der Waals surface area contributed by atoms with Gasteiger partial charge in [0.05, 0.1) is 34.8 Å². The second-order valence-corrected chi connectivity index (χ2v) is 14.0. The van der Waals surface area contributed by atoms with E-state index >= 15 is 0 Å². The van der Waals surface area contributed by atoms with E-state index in [4.69, 9.17) is 0 Å². The van der Waals surface area contributed by atoms with Crippen LogP contribution in [0, 0.1) is 13.8 Å². The lowest BCUT2D eigenvalue weighted by atomic mass is 10.0. The van der Waals surface area contributed by atoms with Crippen LogP contribution in [0.2, 0.25) is 0 Å². The smallest absolute Gasteiger partial charge is 0.341 e. The molecule has 43 heavy (non-hydrogen) atoms. The third-order valence-electron chi connectivity index (χ3n) is 7.17. The van der Waals surface area contributed by atoms with E-state index in [0.29, 0.717) is 22.9 Å². The summed E-state index contributed by atoms with van der Waals surface area (Å²) < 4.78 is 95.7. The zero-order valence-electron chi connectivity index (χ0n) is 22.9. The quantitative estimate of drug-likeness (QED) is 0.254. The summed E-state index contributed by atoms with van der Waals surface area (Å²) in [5, 5.41) is -1.05. The molecule has 4 aromatic rings. The number of hydrogen-bond donors (Lipinski definition) is 3. The number of amides is 1. The molecule has 0 saturated carbocycles. The van der Waals surface area contributed by atoms with Crippen molar-refractivity contribution in [3.8, 4) is 11.3 Å². The molecule has 1 saturated heterocycles. The number of nitrogens with one attached hydrogen (secondary N) is 3. The van der Waals surface area contributed by atoms with Crippen molar-refractivity contribution < 1.29 is 34.8 Å². The minimum absolute atomic E-state index is 0.0207. The van der Waals surface area contributed by atoms with Crippen molar-refractivity contribution in [3.05, 3.63) is 107 Å². The van der Waals surface area contributed by atoms with Gasteiger partial charge in [-0.3, -0.25) is 9.52 Å². The Hall–Kier alpha value is -4.01. The number of benzene rings is 3. The number of carbonyl (C=O) groups is 1. The summed E-state index contributed by atoms with van der Waals surface area (Å²) in [5.41, 5.74) is 3.29. The number of rotatable bonds is 8. The molecule has 14 heteroatoms. The lowest BCUT2D eigenvalue weighted by Gasteiger charge is -2.18. The molecule has 2 unspecified atom stereocenters. The molecule has 5 rings (SSSR count). The summed E-state index contributed by atoms with van der Waals surface area (Å²) in [4.78, 5) is 18.7. The minimum Gasteiger partial charge on any atom is -0.341 e. The number of carbonyl (C=O) groups excluding carboxylic acids is 1. The maximum atomic E-state index is 13.4. The molecule has 0 radical (unpaired) electrons. The molecule has 0 spiro atoms. The van der Waals surface area contributed by atoms with E-state index in [1.165, 1.54) is 0 Å². The van der Waals surface area contributed by atoms with E-state index in [0.717, 1.165) is 34.9 Å². The van der Waals surface area contributed by atoms with Crippen molar-refractivity contribution >= 4 is 26.0 Å². The van der Waals surface area contributed by atoms with Crippen LogP contribution < -0.4 is 9.44 Å². The normalized spacial score (nSPS) is 17.5. The summed E-state index contributed by atoms with van der Waals surface area (Å²) in [6.45, 7) is 3.84. The zero-order chi connectivity index (χ0) is 31.2. The van der Waals surface area contributed by atoms with Crippen molar-refractivity contribution in [3.63, 3.8) is 0 Å². The molecule has 0 bridgehead atoms. The lowest BCUT2D eigenvalue weighted by Crippen LogP contribution is -2.31. The summed E-state index contributed by atoms with van der Waals surface area (Å²) in [7, 11) is -8.31. The molecular formula is C29H27F3N4O5S2. The fourth-order valence-electron chi connectivity index (χ4n) is 4.92. The molecule has 3 N–H and O–H groups in total. The van der Waals surface area contributed by atoms with Gasteiger partial charge in [0.1, 0.15) is 11.1 Å². The van der Waals surface area contributed by atoms with Gasteiger partial charge in [0.2, 0.25) is 26.0 Å². The van der Waals surface area contributed by atoms with Crippen LogP contribution in [-0.4, -0.2) is 32.7 Å². The molecular weight excluding hydrogens is 605 g/mol. The van der Waals surface area contributed by atoms with E-state index < -0.39 is 53.9 Å². The number of sulfonamides is 2. The number of imidazole rings is 1. The van der Waals surface area contributed by atoms with E-state index in [2.05, 4.69) is 14.7 Å². The molecule has 2 atom stereocenters. The van der Waals surface area contributed by atoms with Crippen molar-refractivity contribution in [2.45, 2.75) is 49.1 Å². The average molecular weight is 633 g/mol. The van der Waals surface area contributed by atoms with Gasteiger partial charge < -0.3 is 4.98 Å². The molecule has 1 aromatic heterocycles. The first-order valence-corrected chi connectivity index (χ1v) is 16.1. The molecule has 2 heterocycles. The number of alkyl halides is 3. The first-order valence-electron chi connectivity index (χ1n) is 13.1. The van der Waals surface area contributed by atoms with Crippen molar-refractivity contribution in [2.75, 3.05) is 0 Å². The highest BCUT2D eigenvalue weighted by molar-refractivity contribution is 7.90. The molecule has 1 fully saturated rings. The van der Waals surface area contributed by atoms with Crippen LogP contribution in [0.3, 0.4) is 0 Å². The van der Waals surface area contributed by atoms with E-state index in [1.807, 2.05) is 36.8 Å². The van der Waals surface area contributed by atoms with Gasteiger partial charge in [0, 0.05) is 5.56 Å². The van der Waals surface area contributed by atoms with Crippen LogP contribution >= 0.6 is 0 Å². The molecule has 1 amide bonds. The van der Waals surface area contributed by atoms with Gasteiger partial charge in [-0.2, -0.15) is 13.2 Å². The Bertz CT molecular complexity index is 1900. The summed E-state index contributed by atoms with van der Waals surface area (Å²) in [6, 6.07) is 14.5. The van der Waals surface area contributed by atoms with E-state index in [9.17, 15) is 34.8 Å². The van der Waals surface area contributed by atoms with Crippen LogP contribution in [-0.2, 0) is 37.4 Å².